The highest BCUT2D eigenvalue weighted by Gasteiger charge is 2.38. The average Bonchev–Trinajstić information content (AvgIpc) is 3.28. The Kier molecular flexibility index (Phi) is 11.0. The monoisotopic (exact) mass is 501 g/mol. The van der Waals surface area contributed by atoms with E-state index in [2.05, 4.69) is 91.0 Å². The molecule has 0 amide bonds. The molecule has 1 heterocycles. The zero-order valence-electron chi connectivity index (χ0n) is 22.8. The minimum absolute atomic E-state index is 0.0773. The van der Waals surface area contributed by atoms with Crippen LogP contribution in [0.25, 0.3) is 6.08 Å². The number of aromatic nitrogens is 1. The van der Waals surface area contributed by atoms with E-state index in [1.165, 1.54) is 5.56 Å². The van der Waals surface area contributed by atoms with Crippen LogP contribution in [0.5, 0.6) is 0 Å². The van der Waals surface area contributed by atoms with Crippen molar-refractivity contribution >= 4 is 22.7 Å². The summed E-state index contributed by atoms with van der Waals surface area (Å²) >= 11 is 0. The van der Waals surface area contributed by atoms with Gasteiger partial charge in [0.15, 0.2) is 16.6 Å². The summed E-state index contributed by atoms with van der Waals surface area (Å²) in [6, 6.07) is 13.9. The van der Waals surface area contributed by atoms with Crippen LogP contribution in [0.4, 0.5) is 0 Å². The highest BCUT2D eigenvalue weighted by atomic mass is 28.4. The van der Waals surface area contributed by atoms with Crippen LogP contribution in [-0.2, 0) is 15.3 Å². The van der Waals surface area contributed by atoms with Crippen LogP contribution in [0.2, 0.25) is 36.3 Å². The molecule has 0 N–H and O–H groups in total. The summed E-state index contributed by atoms with van der Waals surface area (Å²) in [5.41, 5.74) is 2.24. The summed E-state index contributed by atoms with van der Waals surface area (Å²) in [6.45, 7) is 19.0. The molecule has 1 atom stereocenters. The predicted molar refractivity (Wildman–Crippen MR) is 149 cm³/mol. The SMILES string of the molecule is CC[Si](CC)(CC)O[C@H](CCO[Si](C)(C)C(C)(C)C)c1coc(/C=C/CCc2ccccc2)n1. The number of oxazole rings is 1. The number of benzene rings is 1. The normalized spacial score (nSPS) is 14.1. The van der Waals surface area contributed by atoms with Gasteiger partial charge in [-0.3, -0.25) is 0 Å². The van der Waals surface area contributed by atoms with E-state index in [0.717, 1.165) is 43.1 Å². The lowest BCUT2D eigenvalue weighted by Gasteiger charge is -2.37. The molecule has 2 aromatic rings. The van der Waals surface area contributed by atoms with Crippen molar-refractivity contribution in [3.8, 4) is 0 Å². The maximum atomic E-state index is 6.90. The number of nitrogens with zero attached hydrogens (tertiary/aromatic N) is 1. The summed E-state index contributed by atoms with van der Waals surface area (Å²) < 4.78 is 19.2. The van der Waals surface area contributed by atoms with E-state index in [1.807, 2.05) is 6.08 Å². The molecule has 6 heteroatoms. The third kappa shape index (κ3) is 8.33. The Morgan fingerprint density at radius 2 is 1.68 bits per heavy atom. The third-order valence-corrected chi connectivity index (χ3v) is 16.7. The summed E-state index contributed by atoms with van der Waals surface area (Å²) in [6.07, 6.45) is 8.62. The van der Waals surface area contributed by atoms with Gasteiger partial charge in [0.2, 0.25) is 5.89 Å². The molecule has 34 heavy (non-hydrogen) atoms. The fourth-order valence-corrected chi connectivity index (χ4v) is 7.71. The Hall–Kier alpha value is -1.48. The van der Waals surface area contributed by atoms with E-state index in [0.29, 0.717) is 12.5 Å². The molecule has 1 aromatic heterocycles. The van der Waals surface area contributed by atoms with Gasteiger partial charge in [-0.25, -0.2) is 4.98 Å². The first kappa shape index (κ1) is 28.8. The zero-order valence-corrected chi connectivity index (χ0v) is 24.8. The minimum Gasteiger partial charge on any atom is -0.445 e. The molecule has 0 spiro atoms. The first-order valence-electron chi connectivity index (χ1n) is 13.0. The van der Waals surface area contributed by atoms with E-state index >= 15 is 0 Å². The lowest BCUT2D eigenvalue weighted by molar-refractivity contribution is 0.143. The van der Waals surface area contributed by atoms with Crippen LogP contribution in [0, 0.1) is 0 Å². The highest BCUT2D eigenvalue weighted by molar-refractivity contribution is 6.74. The molecular formula is C28H47NO3Si2. The maximum absolute atomic E-state index is 6.90. The molecule has 0 saturated carbocycles. The number of aryl methyl sites for hydroxylation is 1. The van der Waals surface area contributed by atoms with Crippen molar-refractivity contribution in [2.24, 2.45) is 0 Å². The molecule has 2 rings (SSSR count). The van der Waals surface area contributed by atoms with E-state index in [1.54, 1.807) is 6.26 Å². The largest absolute Gasteiger partial charge is 0.445 e. The second-order valence-corrected chi connectivity index (χ2v) is 20.3. The molecule has 0 radical (unpaired) electrons. The van der Waals surface area contributed by atoms with Gasteiger partial charge >= 0.3 is 0 Å². The maximum Gasteiger partial charge on any atom is 0.218 e. The predicted octanol–water partition coefficient (Wildman–Crippen LogP) is 8.80. The smallest absolute Gasteiger partial charge is 0.218 e. The number of hydrogen-bond donors (Lipinski definition) is 0. The van der Waals surface area contributed by atoms with Crippen molar-refractivity contribution in [3.63, 3.8) is 0 Å². The van der Waals surface area contributed by atoms with E-state index in [-0.39, 0.29) is 11.1 Å². The van der Waals surface area contributed by atoms with Crippen LogP contribution in [0.3, 0.4) is 0 Å². The Labute approximate surface area is 210 Å². The van der Waals surface area contributed by atoms with Crippen molar-refractivity contribution in [1.82, 2.24) is 4.98 Å². The molecule has 0 aliphatic heterocycles. The Balaban J connectivity index is 2.09. The number of hydrogen-bond acceptors (Lipinski definition) is 4. The molecule has 190 valence electrons. The molecule has 0 aliphatic carbocycles. The third-order valence-electron chi connectivity index (χ3n) is 7.55. The first-order chi connectivity index (χ1) is 16.1. The van der Waals surface area contributed by atoms with Crippen molar-refractivity contribution in [1.29, 1.82) is 0 Å². The average molecular weight is 502 g/mol. The molecule has 0 fully saturated rings. The number of allylic oxidation sites excluding steroid dienone is 1. The van der Waals surface area contributed by atoms with Gasteiger partial charge in [0.05, 0.1) is 6.10 Å². The quantitative estimate of drug-likeness (QED) is 0.243. The van der Waals surface area contributed by atoms with Crippen LogP contribution in [0.15, 0.2) is 47.1 Å². The molecule has 0 aliphatic rings. The van der Waals surface area contributed by atoms with Gasteiger partial charge in [0, 0.05) is 13.0 Å². The Bertz CT molecular complexity index is 859. The zero-order chi connectivity index (χ0) is 25.2. The fraction of sp³-hybridized carbons (Fsp3) is 0.607. The fourth-order valence-electron chi connectivity index (χ4n) is 3.81. The van der Waals surface area contributed by atoms with Gasteiger partial charge in [-0.05, 0) is 60.7 Å². The number of rotatable bonds is 14. The Morgan fingerprint density at radius 1 is 1.03 bits per heavy atom. The van der Waals surface area contributed by atoms with Crippen molar-refractivity contribution in [3.05, 3.63) is 59.8 Å². The van der Waals surface area contributed by atoms with Crippen molar-refractivity contribution in [2.45, 2.75) is 103 Å². The molecule has 1 aromatic carbocycles. The van der Waals surface area contributed by atoms with Crippen molar-refractivity contribution in [2.75, 3.05) is 6.61 Å². The van der Waals surface area contributed by atoms with Crippen molar-refractivity contribution < 1.29 is 13.3 Å². The standard InChI is InChI=1S/C28H47NO3Si2/c1-9-34(10-2,11-3)32-26(21-22-31-33(7,8)28(4,5)6)25-23-30-27(29-25)20-16-15-19-24-17-13-12-14-18-24/h12-14,16-18,20,23,26H,9-11,15,19,21-22H2,1-8H3/b20-16+/t26-/m1/s1. The lowest BCUT2D eigenvalue weighted by Crippen LogP contribution is -2.41. The summed E-state index contributed by atoms with van der Waals surface area (Å²) in [4.78, 5) is 4.81. The summed E-state index contributed by atoms with van der Waals surface area (Å²) in [5, 5.41) is 0.198. The van der Waals surface area contributed by atoms with Gasteiger partial charge in [0.1, 0.15) is 12.0 Å². The highest BCUT2D eigenvalue weighted by Crippen LogP contribution is 2.37. The summed E-state index contributed by atoms with van der Waals surface area (Å²) in [5.74, 6) is 0.652. The minimum atomic E-state index is -1.80. The van der Waals surface area contributed by atoms with Gasteiger partial charge in [-0.2, -0.15) is 0 Å². The van der Waals surface area contributed by atoms with Crippen LogP contribution < -0.4 is 0 Å². The van der Waals surface area contributed by atoms with E-state index < -0.39 is 16.6 Å². The second kappa shape index (κ2) is 13.0. The van der Waals surface area contributed by atoms with Crippen LogP contribution in [-0.4, -0.2) is 28.2 Å². The first-order valence-corrected chi connectivity index (χ1v) is 18.5. The van der Waals surface area contributed by atoms with Gasteiger partial charge in [0.25, 0.3) is 0 Å². The molecular weight excluding hydrogens is 454 g/mol. The molecule has 4 nitrogen and oxygen atoms in total. The molecule has 0 unspecified atom stereocenters. The van der Waals surface area contributed by atoms with E-state index in [9.17, 15) is 0 Å². The topological polar surface area (TPSA) is 44.5 Å². The molecule has 0 bridgehead atoms. The molecule has 0 saturated heterocycles. The van der Waals surface area contributed by atoms with Gasteiger partial charge in [-0.1, -0.05) is 78.0 Å². The van der Waals surface area contributed by atoms with Crippen LogP contribution >= 0.6 is 0 Å². The Morgan fingerprint density at radius 3 is 2.26 bits per heavy atom. The second-order valence-electron chi connectivity index (χ2n) is 10.8. The van der Waals surface area contributed by atoms with Crippen LogP contribution in [0.1, 0.15) is 77.6 Å². The van der Waals surface area contributed by atoms with Gasteiger partial charge in [-0.15, -0.1) is 0 Å². The summed E-state index contributed by atoms with van der Waals surface area (Å²) in [7, 11) is -3.60. The lowest BCUT2D eigenvalue weighted by atomic mass is 10.1. The van der Waals surface area contributed by atoms with E-state index in [4.69, 9.17) is 18.3 Å². The van der Waals surface area contributed by atoms with Gasteiger partial charge < -0.3 is 13.3 Å².